The van der Waals surface area contributed by atoms with Crippen LogP contribution in [0, 0.1) is 6.92 Å². The van der Waals surface area contributed by atoms with Crippen molar-refractivity contribution in [1.82, 2.24) is 10.0 Å². The number of aryl methyl sites for hydroxylation is 1. The zero-order valence-electron chi connectivity index (χ0n) is 32.9. The van der Waals surface area contributed by atoms with Crippen LogP contribution in [0.25, 0.3) is 11.1 Å². The molecule has 4 atom stereocenters. The molecule has 6 aromatic rings. The van der Waals surface area contributed by atoms with Crippen molar-refractivity contribution in [2.75, 3.05) is 5.75 Å². The molecule has 4 N–H and O–H groups in total. The van der Waals surface area contributed by atoms with E-state index in [4.69, 9.17) is 9.47 Å². The molecule has 0 radical (unpaired) electrons. The zero-order chi connectivity index (χ0) is 42.1. The number of carboxylic acids is 1. The van der Waals surface area contributed by atoms with Crippen LogP contribution in [0.1, 0.15) is 62.6 Å². The van der Waals surface area contributed by atoms with Gasteiger partial charge in [0, 0.05) is 29.2 Å². The average Bonchev–Trinajstić information content (AvgIpc) is 3.28. The van der Waals surface area contributed by atoms with Crippen LogP contribution in [0.4, 0.5) is 0 Å². The van der Waals surface area contributed by atoms with Crippen molar-refractivity contribution in [1.29, 1.82) is 0 Å². The molecular weight excluding hydrogens is 797 g/mol. The summed E-state index contributed by atoms with van der Waals surface area (Å²) in [6.45, 7) is 1.97. The number of sulfonamides is 1. The summed E-state index contributed by atoms with van der Waals surface area (Å²) >= 11 is 1.44. The predicted octanol–water partition coefficient (Wildman–Crippen LogP) is 8.40. The number of rotatable bonds is 16. The van der Waals surface area contributed by atoms with Gasteiger partial charge in [0.25, 0.3) is 0 Å². The molecule has 1 amide bonds. The number of carbonyl (C=O) groups excluding carboxylic acids is 1. The number of carboxylic acid groups (broad SMARTS) is 1. The number of hydrogen-bond donors (Lipinski definition) is 4. The standard InChI is InChI=1S/C48H46N2O8S2/c1-32-15-25-40(26-16-32)60(55,56)50-43(27-33-9-3-2-4-10-33)46(52)49-29-38-11-5-6-12-41(38)35-21-23-37(24-22-35)48-57-39(31-59-45-14-8-7-13-42(45)47(53)54)28-44(58-48)36-19-17-34(30-51)18-20-36/h2-26,39,43-44,48,50-51H,27-31H2,1H3,(H,49,52)(H,53,54)/t39-,43+,44+,48+/m0/s1. The predicted molar refractivity (Wildman–Crippen MR) is 232 cm³/mol. The number of aromatic carboxylic acids is 1. The van der Waals surface area contributed by atoms with E-state index in [1.165, 1.54) is 23.9 Å². The molecule has 1 aliphatic heterocycles. The van der Waals surface area contributed by atoms with Crippen molar-refractivity contribution in [3.8, 4) is 11.1 Å². The highest BCUT2D eigenvalue weighted by Crippen LogP contribution is 2.40. The van der Waals surface area contributed by atoms with Gasteiger partial charge >= 0.3 is 5.97 Å². The van der Waals surface area contributed by atoms with Gasteiger partial charge in [-0.2, -0.15) is 4.72 Å². The first-order valence-corrected chi connectivity index (χ1v) is 22.1. The minimum Gasteiger partial charge on any atom is -0.478 e. The van der Waals surface area contributed by atoms with E-state index in [2.05, 4.69) is 10.0 Å². The number of hydrogen-bond acceptors (Lipinski definition) is 8. The maximum Gasteiger partial charge on any atom is 0.336 e. The molecule has 1 aliphatic rings. The van der Waals surface area contributed by atoms with Crippen molar-refractivity contribution >= 4 is 33.7 Å². The molecule has 0 saturated carbocycles. The highest BCUT2D eigenvalue weighted by Gasteiger charge is 2.33. The molecule has 0 spiro atoms. The second kappa shape index (κ2) is 19.6. The van der Waals surface area contributed by atoms with Crippen molar-refractivity contribution < 1.29 is 37.7 Å². The van der Waals surface area contributed by atoms with Crippen LogP contribution in [-0.4, -0.2) is 48.4 Å². The average molecular weight is 843 g/mol. The maximum absolute atomic E-state index is 13.8. The molecule has 0 aliphatic carbocycles. The van der Waals surface area contributed by atoms with Crippen molar-refractivity contribution in [3.63, 3.8) is 0 Å². The molecule has 0 unspecified atom stereocenters. The topological polar surface area (TPSA) is 151 Å². The van der Waals surface area contributed by atoms with Gasteiger partial charge < -0.3 is 25.0 Å². The van der Waals surface area contributed by atoms with Gasteiger partial charge in [-0.15, -0.1) is 11.8 Å². The Balaban J connectivity index is 1.07. The number of benzene rings is 6. The summed E-state index contributed by atoms with van der Waals surface area (Å²) in [6.07, 6.45) is -0.581. The number of aliphatic hydroxyl groups excluding tert-OH is 1. The monoisotopic (exact) mass is 842 g/mol. The Morgan fingerprint density at radius 2 is 1.43 bits per heavy atom. The largest absolute Gasteiger partial charge is 0.478 e. The second-order valence-electron chi connectivity index (χ2n) is 14.6. The molecular formula is C48H46N2O8S2. The molecule has 1 saturated heterocycles. The lowest BCUT2D eigenvalue weighted by Gasteiger charge is -2.36. The molecule has 1 fully saturated rings. The number of aliphatic hydroxyl groups is 1. The lowest BCUT2D eigenvalue weighted by molar-refractivity contribution is -0.245. The number of thioether (sulfide) groups is 1. The van der Waals surface area contributed by atoms with E-state index in [1.807, 2.05) is 116 Å². The van der Waals surface area contributed by atoms with Crippen molar-refractivity contribution in [3.05, 3.63) is 191 Å². The summed E-state index contributed by atoms with van der Waals surface area (Å²) in [6, 6.07) is 44.9. The molecule has 12 heteroatoms. The van der Waals surface area contributed by atoms with Crippen LogP contribution < -0.4 is 10.0 Å². The van der Waals surface area contributed by atoms with Crippen LogP contribution >= 0.6 is 11.8 Å². The van der Waals surface area contributed by atoms with E-state index in [0.717, 1.165) is 44.5 Å². The van der Waals surface area contributed by atoms with Gasteiger partial charge in [0.1, 0.15) is 6.04 Å². The molecule has 0 bridgehead atoms. The van der Waals surface area contributed by atoms with Crippen LogP contribution in [0.15, 0.2) is 161 Å². The first-order valence-electron chi connectivity index (χ1n) is 19.6. The Bertz CT molecular complexity index is 2500. The summed E-state index contributed by atoms with van der Waals surface area (Å²) in [5.41, 5.74) is 7.15. The van der Waals surface area contributed by atoms with Crippen LogP contribution in [0.5, 0.6) is 0 Å². The Morgan fingerprint density at radius 1 is 0.767 bits per heavy atom. The van der Waals surface area contributed by atoms with Crippen LogP contribution in [0.2, 0.25) is 0 Å². The van der Waals surface area contributed by atoms with Gasteiger partial charge in [-0.3, -0.25) is 4.79 Å². The number of amides is 1. The van der Waals surface area contributed by atoms with Gasteiger partial charge in [-0.05, 0) is 71.0 Å². The third-order valence-electron chi connectivity index (χ3n) is 10.3. The SMILES string of the molecule is Cc1ccc(S(=O)(=O)N[C@H](Cc2ccccc2)C(=O)NCc2ccccc2-c2ccc([C@@H]3O[C@H](CSc4ccccc4C(=O)O)C[C@H](c4ccc(CO)cc4)O3)cc2)cc1. The summed E-state index contributed by atoms with van der Waals surface area (Å²) in [5.74, 6) is -0.930. The van der Waals surface area contributed by atoms with E-state index in [-0.39, 0.29) is 42.2 Å². The van der Waals surface area contributed by atoms with Gasteiger partial charge in [0.05, 0.1) is 29.3 Å². The summed E-state index contributed by atoms with van der Waals surface area (Å²) < 4.78 is 42.6. The lowest BCUT2D eigenvalue weighted by Crippen LogP contribution is -2.47. The Labute approximate surface area is 354 Å². The fourth-order valence-corrected chi connectivity index (χ4v) is 9.33. The number of nitrogens with one attached hydrogen (secondary N) is 2. The molecule has 60 heavy (non-hydrogen) atoms. The number of ether oxygens (including phenoxy) is 2. The Kier molecular flexibility index (Phi) is 13.9. The van der Waals surface area contributed by atoms with Crippen molar-refractivity contribution in [2.45, 2.75) is 67.2 Å². The Hall–Kier alpha value is -5.60. The minimum atomic E-state index is -4.00. The van der Waals surface area contributed by atoms with E-state index >= 15 is 0 Å². The third kappa shape index (κ3) is 10.8. The quantitative estimate of drug-likeness (QED) is 0.0705. The lowest BCUT2D eigenvalue weighted by atomic mass is 9.97. The first kappa shape index (κ1) is 42.5. The minimum absolute atomic E-state index is 0.0630. The molecule has 308 valence electrons. The Morgan fingerprint density at radius 3 is 2.15 bits per heavy atom. The van der Waals surface area contributed by atoms with E-state index in [0.29, 0.717) is 17.1 Å². The molecule has 0 aromatic heterocycles. The highest BCUT2D eigenvalue weighted by molar-refractivity contribution is 7.99. The second-order valence-corrected chi connectivity index (χ2v) is 17.4. The van der Waals surface area contributed by atoms with Crippen LogP contribution in [0.3, 0.4) is 0 Å². The number of carbonyl (C=O) groups is 2. The summed E-state index contributed by atoms with van der Waals surface area (Å²) in [5, 5.41) is 22.3. The highest BCUT2D eigenvalue weighted by atomic mass is 32.2. The third-order valence-corrected chi connectivity index (χ3v) is 13.0. The summed E-state index contributed by atoms with van der Waals surface area (Å²) in [4.78, 5) is 26.4. The molecule has 7 rings (SSSR count). The maximum atomic E-state index is 13.8. The van der Waals surface area contributed by atoms with Gasteiger partial charge in [0.2, 0.25) is 15.9 Å². The van der Waals surface area contributed by atoms with Gasteiger partial charge in [0.15, 0.2) is 6.29 Å². The van der Waals surface area contributed by atoms with Crippen LogP contribution in [-0.2, 0) is 43.9 Å². The normalized spacial score (nSPS) is 17.1. The molecule has 10 nitrogen and oxygen atoms in total. The summed E-state index contributed by atoms with van der Waals surface area (Å²) in [7, 11) is -4.00. The van der Waals surface area contributed by atoms with E-state index in [1.54, 1.807) is 30.3 Å². The van der Waals surface area contributed by atoms with E-state index < -0.39 is 34.2 Å². The van der Waals surface area contributed by atoms with Gasteiger partial charge in [-0.1, -0.05) is 133 Å². The fourth-order valence-electron chi connectivity index (χ4n) is 7.07. The van der Waals surface area contributed by atoms with Gasteiger partial charge in [-0.25, -0.2) is 13.2 Å². The first-order chi connectivity index (χ1) is 29.1. The molecule has 6 aromatic carbocycles. The zero-order valence-corrected chi connectivity index (χ0v) is 34.6. The van der Waals surface area contributed by atoms with Crippen molar-refractivity contribution in [2.24, 2.45) is 0 Å². The smallest absolute Gasteiger partial charge is 0.336 e. The fraction of sp³-hybridized carbons (Fsp3) is 0.208. The molecule has 1 heterocycles. The van der Waals surface area contributed by atoms with E-state index in [9.17, 15) is 28.2 Å².